The summed E-state index contributed by atoms with van der Waals surface area (Å²) in [5, 5.41) is 3.89. The molecule has 1 fully saturated rings. The Balaban J connectivity index is 1.70. The van der Waals surface area contributed by atoms with Crippen LogP contribution in [0.5, 0.6) is 0 Å². The highest BCUT2D eigenvalue weighted by atomic mass is 79.9. The highest BCUT2D eigenvalue weighted by Gasteiger charge is 2.43. The molecule has 4 nitrogen and oxygen atoms in total. The van der Waals surface area contributed by atoms with Crippen molar-refractivity contribution in [3.63, 3.8) is 0 Å². The number of nitrogens with one attached hydrogen (secondary N) is 1. The molecule has 2 atom stereocenters. The maximum atomic E-state index is 15.0. The molecule has 1 aliphatic heterocycles. The van der Waals surface area contributed by atoms with Gasteiger partial charge in [-0.1, -0.05) is 40.2 Å². The van der Waals surface area contributed by atoms with Crippen molar-refractivity contribution in [2.45, 2.75) is 25.9 Å². The number of thiocarbonyl (C=S) groups is 1. The van der Waals surface area contributed by atoms with Crippen LogP contribution in [0.4, 0.5) is 10.1 Å². The van der Waals surface area contributed by atoms with Crippen molar-refractivity contribution in [1.29, 1.82) is 0 Å². The first kappa shape index (κ1) is 21.8. The van der Waals surface area contributed by atoms with Gasteiger partial charge in [-0.05, 0) is 80.2 Å². The Morgan fingerprint density at radius 1 is 1.00 bits per heavy atom. The Morgan fingerprint density at radius 2 is 1.79 bits per heavy atom. The van der Waals surface area contributed by atoms with Crippen molar-refractivity contribution in [3.8, 4) is 5.69 Å². The molecule has 3 heterocycles. The first-order valence-electron chi connectivity index (χ1n) is 10.7. The quantitative estimate of drug-likeness (QED) is 0.308. The van der Waals surface area contributed by atoms with Crippen LogP contribution in [0.25, 0.3) is 5.69 Å². The normalized spacial score (nSPS) is 17.9. The molecule has 0 saturated carbocycles. The summed E-state index contributed by atoms with van der Waals surface area (Å²) in [4.78, 5) is 6.48. The molecule has 0 bridgehead atoms. The largest absolute Gasteiger partial charge is 0.351 e. The van der Waals surface area contributed by atoms with E-state index >= 15 is 0 Å². The summed E-state index contributed by atoms with van der Waals surface area (Å²) in [6, 6.07) is 22.5. The lowest BCUT2D eigenvalue weighted by Gasteiger charge is -2.28. The van der Waals surface area contributed by atoms with Crippen molar-refractivity contribution < 1.29 is 4.39 Å². The van der Waals surface area contributed by atoms with E-state index in [4.69, 9.17) is 12.2 Å². The Hall–Kier alpha value is -3.03. The minimum Gasteiger partial charge on any atom is -0.351 e. The molecule has 0 amide bonds. The van der Waals surface area contributed by atoms with Gasteiger partial charge in [-0.2, -0.15) is 0 Å². The van der Waals surface area contributed by atoms with Gasteiger partial charge in [0, 0.05) is 27.7 Å². The van der Waals surface area contributed by atoms with E-state index in [-0.39, 0.29) is 17.9 Å². The van der Waals surface area contributed by atoms with Crippen LogP contribution >= 0.6 is 28.1 Å². The molecule has 1 saturated heterocycles. The highest BCUT2D eigenvalue weighted by molar-refractivity contribution is 9.10. The standard InChI is InChI=1S/C26H22BrFN4S/c1-16-14-20(17(2)31(16)19-9-7-8-18(27)15-19)25-24(22-11-5-6-13-29-22)30-26(33)32(25)23-12-4-3-10-21(23)28/h3-15,24-25H,1-2H3,(H,30,33)/t24-,25-/m1/s1. The number of rotatable bonds is 4. The van der Waals surface area contributed by atoms with Crippen LogP contribution in [0.1, 0.15) is 34.7 Å². The Bertz CT molecular complexity index is 1340. The van der Waals surface area contributed by atoms with E-state index in [1.807, 2.05) is 41.3 Å². The van der Waals surface area contributed by atoms with Gasteiger partial charge >= 0.3 is 0 Å². The molecule has 4 aromatic rings. The average Bonchev–Trinajstić information content (AvgIpc) is 3.30. The predicted octanol–water partition coefficient (Wildman–Crippen LogP) is 6.57. The minimum atomic E-state index is -0.311. The Kier molecular flexibility index (Phi) is 5.76. The van der Waals surface area contributed by atoms with E-state index in [9.17, 15) is 4.39 Å². The third-order valence-electron chi connectivity index (χ3n) is 6.07. The SMILES string of the molecule is Cc1cc([C@@H]2[C@@H](c3ccccn3)NC(=S)N2c2ccccc2F)c(C)n1-c1cccc(Br)c1. The lowest BCUT2D eigenvalue weighted by Crippen LogP contribution is -2.30. The van der Waals surface area contributed by atoms with E-state index in [0.717, 1.165) is 32.8 Å². The maximum absolute atomic E-state index is 15.0. The molecule has 2 aromatic carbocycles. The van der Waals surface area contributed by atoms with E-state index in [2.05, 4.69) is 62.8 Å². The second-order valence-electron chi connectivity index (χ2n) is 8.09. The summed E-state index contributed by atoms with van der Waals surface area (Å²) in [6.07, 6.45) is 1.77. The van der Waals surface area contributed by atoms with Crippen LogP contribution in [-0.4, -0.2) is 14.7 Å². The number of aromatic nitrogens is 2. The third kappa shape index (κ3) is 3.85. The average molecular weight is 521 g/mol. The molecular formula is C26H22BrFN4S. The number of halogens is 2. The molecule has 7 heteroatoms. The van der Waals surface area contributed by atoms with Crippen molar-refractivity contribution in [2.75, 3.05) is 4.90 Å². The molecule has 0 radical (unpaired) electrons. The van der Waals surface area contributed by atoms with Gasteiger partial charge in [0.25, 0.3) is 0 Å². The number of benzene rings is 2. The van der Waals surface area contributed by atoms with Gasteiger partial charge in [0.05, 0.1) is 23.5 Å². The molecule has 1 N–H and O–H groups in total. The predicted molar refractivity (Wildman–Crippen MR) is 137 cm³/mol. The number of hydrogen-bond acceptors (Lipinski definition) is 2. The van der Waals surface area contributed by atoms with Crippen LogP contribution in [-0.2, 0) is 0 Å². The third-order valence-corrected chi connectivity index (χ3v) is 6.87. The number of para-hydroxylation sites is 1. The smallest absolute Gasteiger partial charge is 0.174 e. The number of aryl methyl sites for hydroxylation is 1. The monoisotopic (exact) mass is 520 g/mol. The molecule has 2 aromatic heterocycles. The fourth-order valence-corrected chi connectivity index (χ4v) is 5.40. The zero-order valence-electron chi connectivity index (χ0n) is 18.2. The first-order chi connectivity index (χ1) is 16.0. The Labute approximate surface area is 206 Å². The van der Waals surface area contributed by atoms with Gasteiger partial charge in [-0.3, -0.25) is 4.98 Å². The van der Waals surface area contributed by atoms with Gasteiger partial charge in [-0.15, -0.1) is 0 Å². The van der Waals surface area contributed by atoms with E-state index in [1.165, 1.54) is 6.07 Å². The van der Waals surface area contributed by atoms with Crippen LogP contribution in [0.15, 0.2) is 83.5 Å². The number of hydrogen-bond donors (Lipinski definition) is 1. The van der Waals surface area contributed by atoms with Crippen LogP contribution in [0.2, 0.25) is 0 Å². The summed E-state index contributed by atoms with van der Waals surface area (Å²) >= 11 is 9.32. The maximum Gasteiger partial charge on any atom is 0.174 e. The number of pyridine rings is 1. The molecule has 1 aliphatic rings. The molecule has 166 valence electrons. The fraction of sp³-hybridized carbons (Fsp3) is 0.154. The lowest BCUT2D eigenvalue weighted by atomic mass is 9.96. The number of anilines is 1. The van der Waals surface area contributed by atoms with Crippen molar-refractivity contribution >= 4 is 38.9 Å². The Morgan fingerprint density at radius 3 is 2.52 bits per heavy atom. The van der Waals surface area contributed by atoms with Crippen LogP contribution < -0.4 is 10.2 Å². The van der Waals surface area contributed by atoms with E-state index < -0.39 is 0 Å². The zero-order chi connectivity index (χ0) is 23.1. The summed E-state index contributed by atoms with van der Waals surface area (Å²) in [5.74, 6) is -0.311. The summed E-state index contributed by atoms with van der Waals surface area (Å²) in [7, 11) is 0. The number of nitrogens with zero attached hydrogens (tertiary/aromatic N) is 3. The van der Waals surface area contributed by atoms with Gasteiger partial charge in [0.2, 0.25) is 0 Å². The van der Waals surface area contributed by atoms with E-state index in [1.54, 1.807) is 18.3 Å². The van der Waals surface area contributed by atoms with Crippen molar-refractivity contribution in [2.24, 2.45) is 0 Å². The van der Waals surface area contributed by atoms with Crippen molar-refractivity contribution in [1.82, 2.24) is 14.9 Å². The van der Waals surface area contributed by atoms with Gasteiger partial charge in [-0.25, -0.2) is 4.39 Å². The second kappa shape index (κ2) is 8.72. The lowest BCUT2D eigenvalue weighted by molar-refractivity contribution is 0.556. The summed E-state index contributed by atoms with van der Waals surface area (Å²) < 4.78 is 18.2. The second-order valence-corrected chi connectivity index (χ2v) is 9.39. The van der Waals surface area contributed by atoms with Crippen LogP contribution in [0, 0.1) is 19.7 Å². The summed E-state index contributed by atoms with van der Waals surface area (Å²) in [5.41, 5.74) is 5.60. The van der Waals surface area contributed by atoms with Gasteiger partial charge in [0.15, 0.2) is 5.11 Å². The molecule has 5 rings (SSSR count). The van der Waals surface area contributed by atoms with E-state index in [0.29, 0.717) is 10.8 Å². The van der Waals surface area contributed by atoms with Gasteiger partial charge < -0.3 is 14.8 Å². The molecule has 0 spiro atoms. The molecule has 33 heavy (non-hydrogen) atoms. The summed E-state index contributed by atoms with van der Waals surface area (Å²) in [6.45, 7) is 4.18. The topological polar surface area (TPSA) is 33.1 Å². The highest BCUT2D eigenvalue weighted by Crippen LogP contribution is 2.44. The van der Waals surface area contributed by atoms with Crippen molar-refractivity contribution in [3.05, 3.63) is 112 Å². The fourth-order valence-electron chi connectivity index (χ4n) is 4.68. The first-order valence-corrected chi connectivity index (χ1v) is 11.9. The van der Waals surface area contributed by atoms with Crippen LogP contribution in [0.3, 0.4) is 0 Å². The zero-order valence-corrected chi connectivity index (χ0v) is 20.6. The minimum absolute atomic E-state index is 0.227. The molecule has 0 unspecified atom stereocenters. The molecular weight excluding hydrogens is 499 g/mol. The molecule has 0 aliphatic carbocycles. The van der Waals surface area contributed by atoms with Gasteiger partial charge in [0.1, 0.15) is 5.82 Å².